The second-order valence-electron chi connectivity index (χ2n) is 29.0. The Bertz CT molecular complexity index is 4270. The topological polar surface area (TPSA) is 111 Å². The number of amidine groups is 3. The number of pyridine rings is 2. The van der Waals surface area contributed by atoms with Crippen molar-refractivity contribution in [2.45, 2.75) is 164 Å². The summed E-state index contributed by atoms with van der Waals surface area (Å²) >= 11 is 4.68. The van der Waals surface area contributed by atoms with Crippen LogP contribution in [0.5, 0.6) is 0 Å². The van der Waals surface area contributed by atoms with Gasteiger partial charge in [0.05, 0.1) is 61.8 Å². The maximum absolute atomic E-state index is 5.28. The normalized spacial score (nSPS) is 16.2. The Labute approximate surface area is 640 Å². The van der Waals surface area contributed by atoms with Gasteiger partial charge in [-0.3, -0.25) is 15.0 Å². The molecule has 0 spiro atoms. The van der Waals surface area contributed by atoms with Crippen molar-refractivity contribution >= 4 is 74.1 Å². The van der Waals surface area contributed by atoms with Crippen LogP contribution in [0.2, 0.25) is 0 Å². The smallest absolute Gasteiger partial charge is 0.870 e. The molecule has 0 saturated heterocycles. The second kappa shape index (κ2) is 31.8. The first kappa shape index (κ1) is 77.6. The SMILES string of the molecule is CC1=NC(C)(C)C(C)(C)N1.CC1=NC(C)(C)C(C)(C)N1c1ccc(-c2cc(-c3ccc(-c4ccccc4)cc3)cc(-c3ccc(N4C(C)=NC(C)(C)C4(C)C)cc3)n2)cc1.CC[C-](C)C.Ic1ccc(-c2cc(-c3ccc(-c4ccccc4)cc3)cc(-c3ccc(I)cc3)n2)cc1.[Na+].[OH-]. The molecule has 9 nitrogen and oxygen atoms in total. The van der Waals surface area contributed by atoms with Crippen LogP contribution in [0.25, 0.3) is 89.5 Å². The van der Waals surface area contributed by atoms with E-state index >= 15 is 0 Å². The van der Waals surface area contributed by atoms with Gasteiger partial charge in [-0.1, -0.05) is 165 Å². The van der Waals surface area contributed by atoms with Gasteiger partial charge in [-0.2, -0.15) is 20.3 Å². The average molecular weight is 1550 g/mol. The molecule has 5 heterocycles. The number of halogens is 2. The molecule has 13 rings (SSSR count). The van der Waals surface area contributed by atoms with E-state index in [4.69, 9.17) is 20.0 Å². The zero-order valence-electron chi connectivity index (χ0n) is 61.5. The number of rotatable bonds is 11. The van der Waals surface area contributed by atoms with Crippen LogP contribution in [-0.4, -0.2) is 66.2 Å². The van der Waals surface area contributed by atoms with Gasteiger partial charge < -0.3 is 26.5 Å². The van der Waals surface area contributed by atoms with Crippen LogP contribution in [0.3, 0.4) is 0 Å². The Hall–Kier alpha value is -7.11. The molecule has 3 aliphatic heterocycles. The molecule has 0 bridgehead atoms. The van der Waals surface area contributed by atoms with Crippen LogP contribution >= 0.6 is 45.2 Å². The Morgan fingerprint density at radius 1 is 0.354 bits per heavy atom. The molecule has 0 atom stereocenters. The summed E-state index contributed by atoms with van der Waals surface area (Å²) in [5.74, 6) is 4.64. The Morgan fingerprint density at radius 2 is 0.606 bits per heavy atom. The number of anilines is 2. The van der Waals surface area contributed by atoms with Gasteiger partial charge in [0.1, 0.15) is 11.7 Å². The fourth-order valence-electron chi connectivity index (χ4n) is 12.5. The number of hydrogen-bond acceptors (Lipinski definition) is 9. The maximum Gasteiger partial charge on any atom is 1.00 e. The van der Waals surface area contributed by atoms with Gasteiger partial charge >= 0.3 is 29.6 Å². The summed E-state index contributed by atoms with van der Waals surface area (Å²) in [6.07, 6.45) is 1.22. The molecule has 2 aromatic heterocycles. The van der Waals surface area contributed by atoms with E-state index in [1.807, 2.05) is 13.0 Å². The molecule has 0 unspecified atom stereocenters. The molecule has 10 aromatic rings. The summed E-state index contributed by atoms with van der Waals surface area (Å²) in [7, 11) is 0. The Balaban J connectivity index is 0.000000216. The summed E-state index contributed by atoms with van der Waals surface area (Å²) in [5, 5.41) is 3.33. The molecule has 12 heteroatoms. The van der Waals surface area contributed by atoms with E-state index in [9.17, 15) is 0 Å². The van der Waals surface area contributed by atoms with E-state index in [1.54, 1.807) is 0 Å². The number of nitrogens with one attached hydrogen (secondary N) is 1. The molecule has 99 heavy (non-hydrogen) atoms. The van der Waals surface area contributed by atoms with Crippen molar-refractivity contribution in [1.29, 1.82) is 0 Å². The third kappa shape index (κ3) is 17.6. The van der Waals surface area contributed by atoms with Gasteiger partial charge in [0.2, 0.25) is 0 Å². The van der Waals surface area contributed by atoms with E-state index in [2.05, 4.69) is 407 Å². The molecule has 0 aliphatic carbocycles. The van der Waals surface area contributed by atoms with E-state index < -0.39 is 0 Å². The van der Waals surface area contributed by atoms with Gasteiger partial charge in [0.25, 0.3) is 0 Å². The number of hydrogen-bond donors (Lipinski definition) is 1. The van der Waals surface area contributed by atoms with Crippen LogP contribution in [0.1, 0.15) is 131 Å². The van der Waals surface area contributed by atoms with Crippen molar-refractivity contribution < 1.29 is 35.0 Å². The van der Waals surface area contributed by atoms with Crippen LogP contribution in [0.15, 0.2) is 245 Å². The van der Waals surface area contributed by atoms with E-state index in [-0.39, 0.29) is 68.3 Å². The fourth-order valence-corrected chi connectivity index (χ4v) is 13.2. The van der Waals surface area contributed by atoms with Gasteiger partial charge in [0, 0.05) is 40.8 Å². The third-order valence-electron chi connectivity index (χ3n) is 20.2. The molecule has 0 saturated carbocycles. The second-order valence-corrected chi connectivity index (χ2v) is 31.5. The molecule has 8 aromatic carbocycles. The molecule has 0 amide bonds. The molecule has 2 N–H and O–H groups in total. The standard InChI is InChI=1S/C45H49N5.C29H19I2N.C8H16N2.C5H11.Na.H2O/c1-30-47-42(3,4)44(7,8)49(30)38-24-20-35(21-25-38)40-28-37(34-18-16-33(17-19-34)32-14-12-11-13-15-32)29-41(46-40)36-22-26-39(27-23-36)50-31(2)48-43(5,6)45(50,9)10;30-26-14-10-23(11-15-26)28-18-25(19-29(32-28)24-12-16-27(31)17-13-24)22-8-6-21(7-9-22)20-4-2-1-3-5-20;1-6-9-7(2,3)8(4,5)10-6;1-4-5(2)3;;/h11-29H,1-10H3;1-19H;1-5H3,(H,9,10);4H2,1-3H3;;1H2/q;;;-1;+1;/p-1. The Kier molecular flexibility index (Phi) is 25.0. The van der Waals surface area contributed by atoms with Crippen LogP contribution < -0.4 is 44.7 Å². The molecule has 0 radical (unpaired) electrons. The van der Waals surface area contributed by atoms with Gasteiger partial charge in [-0.25, -0.2) is 9.97 Å². The molecular formula is C87H96I2N8NaO-. The summed E-state index contributed by atoms with van der Waals surface area (Å²) in [4.78, 5) is 29.5. The third-order valence-corrected chi connectivity index (χ3v) is 21.7. The van der Waals surface area contributed by atoms with E-state index in [1.165, 1.54) is 52.9 Å². The maximum atomic E-state index is 5.28. The van der Waals surface area contributed by atoms with E-state index in [0.717, 1.165) is 85.0 Å². The van der Waals surface area contributed by atoms with Crippen molar-refractivity contribution in [3.63, 3.8) is 0 Å². The van der Waals surface area contributed by atoms with Crippen molar-refractivity contribution in [2.24, 2.45) is 15.0 Å². The number of aromatic nitrogens is 2. The van der Waals surface area contributed by atoms with Gasteiger partial charge in [0.15, 0.2) is 0 Å². The fraction of sp³-hybridized carbons (Fsp3) is 0.287. The molecular weight excluding hydrogens is 1450 g/mol. The summed E-state index contributed by atoms with van der Waals surface area (Å²) < 4.78 is 2.44. The van der Waals surface area contributed by atoms with Crippen molar-refractivity contribution in [1.82, 2.24) is 15.3 Å². The summed E-state index contributed by atoms with van der Waals surface area (Å²) in [5.41, 5.74) is 19.5. The van der Waals surface area contributed by atoms with Crippen molar-refractivity contribution in [3.8, 4) is 89.5 Å². The first-order valence-electron chi connectivity index (χ1n) is 33.8. The average Bonchev–Trinajstić information content (AvgIpc) is 1.62. The molecule has 3 aliphatic rings. The van der Waals surface area contributed by atoms with Crippen LogP contribution in [0, 0.1) is 13.1 Å². The molecule has 0 fully saturated rings. The predicted molar refractivity (Wildman–Crippen MR) is 436 cm³/mol. The minimum Gasteiger partial charge on any atom is -0.870 e. The zero-order valence-corrected chi connectivity index (χ0v) is 67.8. The zero-order chi connectivity index (χ0) is 69.8. The summed E-state index contributed by atoms with van der Waals surface area (Å²) in [6, 6.07) is 82.2. The minimum atomic E-state index is -0.182. The predicted octanol–water partition coefficient (Wildman–Crippen LogP) is 20.7. The van der Waals surface area contributed by atoms with Crippen molar-refractivity contribution in [3.05, 3.63) is 244 Å². The minimum absolute atomic E-state index is 0. The summed E-state index contributed by atoms with van der Waals surface area (Å²) in [6.45, 7) is 39.2. The van der Waals surface area contributed by atoms with E-state index in [0.29, 0.717) is 0 Å². The number of nitrogens with zero attached hydrogens (tertiary/aromatic N) is 7. The van der Waals surface area contributed by atoms with Crippen molar-refractivity contribution in [2.75, 3.05) is 9.80 Å². The van der Waals surface area contributed by atoms with Crippen LogP contribution in [-0.2, 0) is 0 Å². The monoisotopic (exact) mass is 1550 g/mol. The number of benzene rings is 8. The van der Waals surface area contributed by atoms with Gasteiger partial charge in [-0.15, -0.1) is 0 Å². The first-order chi connectivity index (χ1) is 45.9. The van der Waals surface area contributed by atoms with Crippen LogP contribution in [0.4, 0.5) is 11.4 Å². The quantitative estimate of drug-likeness (QED) is 0.0784. The number of aliphatic imine (C=N–C) groups is 3. The van der Waals surface area contributed by atoms with Gasteiger partial charge in [-0.05, 0) is 266 Å². The molecule has 506 valence electrons. The Morgan fingerprint density at radius 3 is 0.828 bits per heavy atom. The largest absolute Gasteiger partial charge is 1.00 e. The first-order valence-corrected chi connectivity index (χ1v) is 36.0.